The first-order chi connectivity index (χ1) is 14.3. The SMILES string of the molecule is Cn1c(N2CCC=C(c3cccc(C(F)(F)F)c3)C2)nc(-c2ccncn2)cc1=O. The molecular formula is C21H18F3N5O. The van der Waals surface area contributed by atoms with Gasteiger partial charge in [-0.15, -0.1) is 0 Å². The Kier molecular flexibility index (Phi) is 5.11. The summed E-state index contributed by atoms with van der Waals surface area (Å²) in [5.74, 6) is 0.439. The highest BCUT2D eigenvalue weighted by Gasteiger charge is 2.31. The molecule has 9 heteroatoms. The lowest BCUT2D eigenvalue weighted by Gasteiger charge is -2.30. The lowest BCUT2D eigenvalue weighted by atomic mass is 9.99. The average molecular weight is 413 g/mol. The van der Waals surface area contributed by atoms with Gasteiger partial charge >= 0.3 is 6.18 Å². The van der Waals surface area contributed by atoms with Crippen LogP contribution in [0, 0.1) is 0 Å². The predicted molar refractivity (Wildman–Crippen MR) is 107 cm³/mol. The molecule has 1 aromatic carbocycles. The van der Waals surface area contributed by atoms with Crippen LogP contribution in [0.5, 0.6) is 0 Å². The van der Waals surface area contributed by atoms with Gasteiger partial charge in [-0.2, -0.15) is 13.2 Å². The highest BCUT2D eigenvalue weighted by Crippen LogP contribution is 2.32. The van der Waals surface area contributed by atoms with Crippen molar-refractivity contribution in [2.45, 2.75) is 12.6 Å². The van der Waals surface area contributed by atoms with Crippen LogP contribution in [-0.4, -0.2) is 32.6 Å². The van der Waals surface area contributed by atoms with Crippen molar-refractivity contribution in [3.05, 3.63) is 76.5 Å². The fraction of sp³-hybridized carbons (Fsp3) is 0.238. The van der Waals surface area contributed by atoms with Crippen molar-refractivity contribution in [3.8, 4) is 11.4 Å². The first kappa shape index (κ1) is 19.8. The van der Waals surface area contributed by atoms with Crippen molar-refractivity contribution in [1.29, 1.82) is 0 Å². The predicted octanol–water partition coefficient (Wildman–Crippen LogP) is 3.55. The van der Waals surface area contributed by atoms with E-state index in [0.29, 0.717) is 42.4 Å². The maximum absolute atomic E-state index is 13.1. The summed E-state index contributed by atoms with van der Waals surface area (Å²) in [6, 6.07) is 8.34. The van der Waals surface area contributed by atoms with E-state index in [9.17, 15) is 18.0 Å². The van der Waals surface area contributed by atoms with Gasteiger partial charge in [0.05, 0.1) is 17.0 Å². The second-order valence-corrected chi connectivity index (χ2v) is 6.95. The molecule has 4 rings (SSSR count). The molecule has 2 aromatic heterocycles. The van der Waals surface area contributed by atoms with Crippen LogP contribution in [0.4, 0.5) is 19.1 Å². The van der Waals surface area contributed by atoms with E-state index in [2.05, 4.69) is 15.0 Å². The van der Waals surface area contributed by atoms with E-state index in [1.165, 1.54) is 23.0 Å². The molecule has 154 valence electrons. The third-order valence-corrected chi connectivity index (χ3v) is 4.95. The Balaban J connectivity index is 1.68. The highest BCUT2D eigenvalue weighted by molar-refractivity contribution is 5.71. The third-order valence-electron chi connectivity index (χ3n) is 4.95. The zero-order valence-electron chi connectivity index (χ0n) is 16.1. The number of hydrogen-bond acceptors (Lipinski definition) is 5. The number of rotatable bonds is 3. The number of hydrogen-bond donors (Lipinski definition) is 0. The van der Waals surface area contributed by atoms with Crippen molar-refractivity contribution in [2.75, 3.05) is 18.0 Å². The van der Waals surface area contributed by atoms with Crippen LogP contribution in [0.1, 0.15) is 17.5 Å². The fourth-order valence-corrected chi connectivity index (χ4v) is 3.40. The molecule has 0 unspecified atom stereocenters. The smallest absolute Gasteiger partial charge is 0.338 e. The number of benzene rings is 1. The standard InChI is InChI=1S/C21H18F3N5O/c1-28-19(30)11-18(17-7-8-25-13-26-17)27-20(28)29-9-3-5-15(12-29)14-4-2-6-16(10-14)21(22,23)24/h2,4-8,10-11,13H,3,9,12H2,1H3. The molecule has 0 amide bonds. The molecule has 0 fully saturated rings. The largest absolute Gasteiger partial charge is 0.416 e. The Morgan fingerprint density at radius 2 is 1.93 bits per heavy atom. The summed E-state index contributed by atoms with van der Waals surface area (Å²) in [5, 5.41) is 0. The Labute approximate surface area is 170 Å². The zero-order valence-corrected chi connectivity index (χ0v) is 16.1. The Hall–Kier alpha value is -3.49. The van der Waals surface area contributed by atoms with Gasteiger partial charge in [0.15, 0.2) is 0 Å². The second-order valence-electron chi connectivity index (χ2n) is 6.95. The van der Waals surface area contributed by atoms with Crippen molar-refractivity contribution < 1.29 is 13.2 Å². The van der Waals surface area contributed by atoms with Crippen LogP contribution in [0.3, 0.4) is 0 Å². The van der Waals surface area contributed by atoms with Gasteiger partial charge in [0.1, 0.15) is 6.33 Å². The number of nitrogens with zero attached hydrogens (tertiary/aromatic N) is 5. The van der Waals surface area contributed by atoms with Crippen molar-refractivity contribution in [3.63, 3.8) is 0 Å². The molecule has 0 spiro atoms. The van der Waals surface area contributed by atoms with Gasteiger partial charge in [0, 0.05) is 32.4 Å². The van der Waals surface area contributed by atoms with Gasteiger partial charge in [0.25, 0.3) is 5.56 Å². The van der Waals surface area contributed by atoms with E-state index in [4.69, 9.17) is 0 Å². The van der Waals surface area contributed by atoms with E-state index in [-0.39, 0.29) is 5.56 Å². The number of aromatic nitrogens is 4. The molecule has 0 N–H and O–H groups in total. The Morgan fingerprint density at radius 1 is 1.10 bits per heavy atom. The molecule has 1 aliphatic heterocycles. The maximum atomic E-state index is 13.1. The average Bonchev–Trinajstić information content (AvgIpc) is 2.76. The van der Waals surface area contributed by atoms with Crippen LogP contribution in [0.15, 0.2) is 59.8 Å². The van der Waals surface area contributed by atoms with E-state index < -0.39 is 11.7 Å². The lowest BCUT2D eigenvalue weighted by Crippen LogP contribution is -2.35. The molecule has 0 bridgehead atoms. The van der Waals surface area contributed by atoms with Gasteiger partial charge in [0.2, 0.25) is 5.95 Å². The molecule has 3 heterocycles. The first-order valence-electron chi connectivity index (χ1n) is 9.29. The van der Waals surface area contributed by atoms with Gasteiger partial charge in [-0.3, -0.25) is 9.36 Å². The molecule has 0 aliphatic carbocycles. The molecule has 0 saturated carbocycles. The van der Waals surface area contributed by atoms with E-state index in [1.54, 1.807) is 25.4 Å². The molecule has 3 aromatic rings. The van der Waals surface area contributed by atoms with Gasteiger partial charge < -0.3 is 4.90 Å². The number of halogens is 3. The van der Waals surface area contributed by atoms with E-state index in [1.807, 2.05) is 11.0 Å². The summed E-state index contributed by atoms with van der Waals surface area (Å²) in [4.78, 5) is 27.0. The van der Waals surface area contributed by atoms with Gasteiger partial charge in [-0.05, 0) is 35.8 Å². The van der Waals surface area contributed by atoms with Crippen molar-refractivity contribution in [1.82, 2.24) is 19.5 Å². The second kappa shape index (κ2) is 7.74. The van der Waals surface area contributed by atoms with Crippen LogP contribution in [-0.2, 0) is 13.2 Å². The quantitative estimate of drug-likeness (QED) is 0.657. The topological polar surface area (TPSA) is 63.9 Å². The minimum Gasteiger partial charge on any atom is -0.338 e. The molecule has 30 heavy (non-hydrogen) atoms. The maximum Gasteiger partial charge on any atom is 0.416 e. The molecule has 0 radical (unpaired) electrons. The van der Waals surface area contributed by atoms with Gasteiger partial charge in [-0.1, -0.05) is 18.2 Å². The fourth-order valence-electron chi connectivity index (χ4n) is 3.40. The third kappa shape index (κ3) is 3.96. The lowest BCUT2D eigenvalue weighted by molar-refractivity contribution is -0.137. The van der Waals surface area contributed by atoms with Crippen LogP contribution >= 0.6 is 0 Å². The number of anilines is 1. The Morgan fingerprint density at radius 3 is 2.67 bits per heavy atom. The van der Waals surface area contributed by atoms with Gasteiger partial charge in [-0.25, -0.2) is 15.0 Å². The molecule has 0 atom stereocenters. The minimum absolute atomic E-state index is 0.246. The summed E-state index contributed by atoms with van der Waals surface area (Å²) in [5.41, 5.74) is 1.28. The van der Waals surface area contributed by atoms with Crippen LogP contribution in [0.2, 0.25) is 0 Å². The summed E-state index contributed by atoms with van der Waals surface area (Å²) >= 11 is 0. The zero-order chi connectivity index (χ0) is 21.3. The van der Waals surface area contributed by atoms with E-state index in [0.717, 1.165) is 17.7 Å². The summed E-state index contributed by atoms with van der Waals surface area (Å²) in [7, 11) is 1.62. The molecule has 1 aliphatic rings. The Bertz CT molecular complexity index is 1160. The monoisotopic (exact) mass is 413 g/mol. The molecular weight excluding hydrogens is 395 g/mol. The van der Waals surface area contributed by atoms with Crippen molar-refractivity contribution >= 4 is 11.5 Å². The molecule has 6 nitrogen and oxygen atoms in total. The van der Waals surface area contributed by atoms with E-state index >= 15 is 0 Å². The molecule has 0 saturated heterocycles. The van der Waals surface area contributed by atoms with Crippen LogP contribution in [0.25, 0.3) is 17.0 Å². The normalized spacial score (nSPS) is 14.5. The summed E-state index contributed by atoms with van der Waals surface area (Å²) in [6.45, 7) is 0.935. The first-order valence-corrected chi connectivity index (χ1v) is 9.29. The minimum atomic E-state index is -4.40. The summed E-state index contributed by atoms with van der Waals surface area (Å²) < 4.78 is 40.7. The number of alkyl halides is 3. The summed E-state index contributed by atoms with van der Waals surface area (Å²) in [6.07, 6.45) is 1.10. The van der Waals surface area contributed by atoms with Crippen LogP contribution < -0.4 is 10.5 Å². The highest BCUT2D eigenvalue weighted by atomic mass is 19.4. The van der Waals surface area contributed by atoms with Crippen molar-refractivity contribution in [2.24, 2.45) is 7.05 Å².